The van der Waals surface area contributed by atoms with E-state index in [2.05, 4.69) is 9.18 Å². The van der Waals surface area contributed by atoms with Gasteiger partial charge in [0.25, 0.3) is 0 Å². The van der Waals surface area contributed by atoms with Crippen LogP contribution in [0.5, 0.6) is 0 Å². The van der Waals surface area contributed by atoms with Crippen LogP contribution in [0.3, 0.4) is 0 Å². The van der Waals surface area contributed by atoms with Crippen molar-refractivity contribution >= 4 is 21.7 Å². The van der Waals surface area contributed by atoms with Gasteiger partial charge in [-0.1, -0.05) is 18.2 Å². The van der Waals surface area contributed by atoms with E-state index in [1.165, 1.54) is 19.1 Å². The Balaban J connectivity index is 3.14. The number of aliphatic imine (C=N–C) groups is 1. The van der Waals surface area contributed by atoms with Crippen LogP contribution in [-0.4, -0.2) is 19.8 Å². The third kappa shape index (κ3) is 4.37. The third-order valence-electron chi connectivity index (χ3n) is 2.03. The highest BCUT2D eigenvalue weighted by Gasteiger charge is 2.49. The van der Waals surface area contributed by atoms with Gasteiger partial charge in [-0.25, -0.2) is 4.99 Å². The van der Waals surface area contributed by atoms with Crippen LogP contribution in [-0.2, 0) is 14.3 Å². The predicted octanol–water partition coefficient (Wildman–Crippen LogP) is 3.47. The van der Waals surface area contributed by atoms with Crippen LogP contribution in [0.15, 0.2) is 41.4 Å². The largest absolute Gasteiger partial charge is 0.534 e. The Bertz CT molecular complexity index is 634. The van der Waals surface area contributed by atoms with Gasteiger partial charge in [-0.3, -0.25) is 0 Å². The first-order valence-corrected chi connectivity index (χ1v) is 6.85. The number of allylic oxidation sites excluding steroid dienone is 1. The first-order chi connectivity index (χ1) is 9.15. The van der Waals surface area contributed by atoms with E-state index in [-0.39, 0.29) is 5.69 Å². The van der Waals surface area contributed by atoms with Gasteiger partial charge in [-0.2, -0.15) is 21.6 Å². The number of halogens is 3. The smallest absolute Gasteiger partial charge is 0.355 e. The zero-order valence-corrected chi connectivity index (χ0v) is 11.5. The van der Waals surface area contributed by atoms with E-state index in [4.69, 9.17) is 0 Å². The highest BCUT2D eigenvalue weighted by molar-refractivity contribution is 7.88. The maximum atomic E-state index is 12.2. The van der Waals surface area contributed by atoms with Crippen molar-refractivity contribution in [3.05, 3.63) is 42.0 Å². The molecule has 0 aliphatic heterocycles. The Morgan fingerprint density at radius 2 is 2.00 bits per heavy atom. The van der Waals surface area contributed by atoms with E-state index in [1.54, 1.807) is 25.1 Å². The van der Waals surface area contributed by atoms with Crippen molar-refractivity contribution in [2.75, 3.05) is 0 Å². The highest BCUT2D eigenvalue weighted by atomic mass is 32.2. The van der Waals surface area contributed by atoms with Crippen LogP contribution in [0.1, 0.15) is 12.5 Å². The van der Waals surface area contributed by atoms with Gasteiger partial charge in [0.1, 0.15) is 0 Å². The average Bonchev–Trinajstić information content (AvgIpc) is 2.27. The molecular formula is C12H12F3NO3S. The van der Waals surface area contributed by atoms with E-state index in [0.29, 0.717) is 0 Å². The minimum atomic E-state index is -5.73. The number of hydrogen-bond acceptors (Lipinski definition) is 4. The Morgan fingerprint density at radius 1 is 1.35 bits per heavy atom. The zero-order chi connectivity index (χ0) is 15.4. The quantitative estimate of drug-likeness (QED) is 0.372. The van der Waals surface area contributed by atoms with Gasteiger partial charge in [0.15, 0.2) is 0 Å². The summed E-state index contributed by atoms with van der Waals surface area (Å²) in [4.78, 5) is 3.74. The molecule has 0 saturated carbocycles. The molecule has 1 aromatic rings. The van der Waals surface area contributed by atoms with Gasteiger partial charge >= 0.3 is 15.6 Å². The van der Waals surface area contributed by atoms with Gasteiger partial charge in [-0.05, 0) is 37.6 Å². The van der Waals surface area contributed by atoms with Crippen LogP contribution < -0.4 is 0 Å². The van der Waals surface area contributed by atoms with Crippen molar-refractivity contribution in [2.24, 2.45) is 4.99 Å². The maximum Gasteiger partial charge on any atom is 0.534 e. The summed E-state index contributed by atoms with van der Waals surface area (Å²) in [5.41, 5.74) is -4.39. The summed E-state index contributed by atoms with van der Waals surface area (Å²) in [6.45, 7) is 3.26. The number of hydrogen-bond donors (Lipinski definition) is 0. The summed E-state index contributed by atoms with van der Waals surface area (Å²) < 4.78 is 62.6. The molecule has 1 aromatic carbocycles. The average molecular weight is 307 g/mol. The first-order valence-electron chi connectivity index (χ1n) is 5.44. The van der Waals surface area contributed by atoms with Gasteiger partial charge in [0, 0.05) is 0 Å². The molecule has 0 amide bonds. The second-order valence-electron chi connectivity index (χ2n) is 3.77. The molecule has 0 aliphatic rings. The zero-order valence-electron chi connectivity index (χ0n) is 10.7. The van der Waals surface area contributed by atoms with E-state index in [9.17, 15) is 21.6 Å². The normalized spacial score (nSPS) is 13.8. The minimum Gasteiger partial charge on any atom is -0.355 e. The van der Waals surface area contributed by atoms with Crippen LogP contribution in [0.4, 0.5) is 18.9 Å². The maximum absolute atomic E-state index is 12.2. The molecule has 0 atom stereocenters. The van der Waals surface area contributed by atoms with E-state index < -0.39 is 21.5 Å². The van der Waals surface area contributed by atoms with E-state index >= 15 is 0 Å². The Kier molecular flexibility index (Phi) is 4.93. The lowest BCUT2D eigenvalue weighted by Gasteiger charge is -2.09. The molecule has 0 aliphatic carbocycles. The van der Waals surface area contributed by atoms with Gasteiger partial charge in [-0.15, -0.1) is 0 Å². The highest BCUT2D eigenvalue weighted by Crippen LogP contribution is 2.25. The van der Waals surface area contributed by atoms with Crippen LogP contribution in [0.25, 0.3) is 0 Å². The van der Waals surface area contributed by atoms with Gasteiger partial charge < -0.3 is 4.18 Å². The molecule has 0 fully saturated rings. The molecular weight excluding hydrogens is 295 g/mol. The second-order valence-corrected chi connectivity index (χ2v) is 5.31. The molecule has 4 nitrogen and oxygen atoms in total. The van der Waals surface area contributed by atoms with Crippen molar-refractivity contribution in [1.29, 1.82) is 0 Å². The molecule has 0 unspecified atom stereocenters. The molecule has 1 rings (SSSR count). The van der Waals surface area contributed by atoms with E-state index in [0.717, 1.165) is 11.6 Å². The molecule has 8 heteroatoms. The van der Waals surface area contributed by atoms with Gasteiger partial charge in [0.2, 0.25) is 5.90 Å². The number of benzene rings is 1. The summed E-state index contributed by atoms with van der Waals surface area (Å²) in [5, 5.41) is 0. The molecule has 20 heavy (non-hydrogen) atoms. The third-order valence-corrected chi connectivity index (χ3v) is 2.99. The monoisotopic (exact) mass is 307 g/mol. The molecule has 0 heterocycles. The van der Waals surface area contributed by atoms with Crippen molar-refractivity contribution in [2.45, 2.75) is 19.4 Å². The first kappa shape index (κ1) is 16.2. The lowest BCUT2D eigenvalue weighted by molar-refractivity contribution is -0.0504. The molecule has 0 aromatic heterocycles. The predicted molar refractivity (Wildman–Crippen MR) is 69.1 cm³/mol. The van der Waals surface area contributed by atoms with Crippen molar-refractivity contribution in [3.63, 3.8) is 0 Å². The number of alkyl halides is 3. The molecule has 110 valence electrons. The summed E-state index contributed by atoms with van der Waals surface area (Å²) in [6.07, 6.45) is 2.35. The summed E-state index contributed by atoms with van der Waals surface area (Å²) in [5.74, 6) is -0.657. The molecule has 0 radical (unpaired) electrons. The van der Waals surface area contributed by atoms with Crippen LogP contribution in [0.2, 0.25) is 0 Å². The molecule has 0 N–H and O–H groups in total. The molecule has 0 bridgehead atoms. The number of rotatable bonds is 3. The second kappa shape index (κ2) is 6.08. The topological polar surface area (TPSA) is 55.7 Å². The standard InChI is InChI=1S/C12H12F3NO3S/c1-3-5-11(19-20(17,18)12(13,14)15)16-10-7-4-6-9(2)8-10/h3-8H,1-2H3/b5-3-,16-11?. The Hall–Kier alpha value is -1.83. The number of nitrogens with zero attached hydrogens (tertiary/aromatic N) is 1. The SMILES string of the molecule is C/C=C\C(=Nc1cccc(C)c1)OS(=O)(=O)C(F)(F)F. The van der Waals surface area contributed by atoms with Crippen molar-refractivity contribution in [1.82, 2.24) is 0 Å². The Morgan fingerprint density at radius 3 is 2.50 bits per heavy atom. The number of aryl methyl sites for hydroxylation is 1. The van der Waals surface area contributed by atoms with E-state index in [1.807, 2.05) is 0 Å². The molecule has 0 saturated heterocycles. The van der Waals surface area contributed by atoms with Crippen molar-refractivity contribution < 1.29 is 25.8 Å². The van der Waals surface area contributed by atoms with Gasteiger partial charge in [0.05, 0.1) is 5.69 Å². The van der Waals surface area contributed by atoms with Crippen molar-refractivity contribution in [3.8, 4) is 0 Å². The summed E-state index contributed by atoms with van der Waals surface area (Å²) >= 11 is 0. The lowest BCUT2D eigenvalue weighted by Crippen LogP contribution is -2.27. The summed E-state index contributed by atoms with van der Waals surface area (Å²) in [7, 11) is -5.73. The Labute approximate surface area is 114 Å². The fourth-order valence-electron chi connectivity index (χ4n) is 1.21. The fraction of sp³-hybridized carbons (Fsp3) is 0.250. The van der Waals surface area contributed by atoms with Crippen LogP contribution >= 0.6 is 0 Å². The van der Waals surface area contributed by atoms with Crippen LogP contribution in [0, 0.1) is 6.92 Å². The summed E-state index contributed by atoms with van der Waals surface area (Å²) in [6, 6.07) is 6.49. The minimum absolute atomic E-state index is 0.287. The molecule has 0 spiro atoms. The lowest BCUT2D eigenvalue weighted by atomic mass is 10.2. The fourth-order valence-corrected chi connectivity index (χ4v) is 1.62.